The third kappa shape index (κ3) is 5.02. The summed E-state index contributed by atoms with van der Waals surface area (Å²) in [5.41, 5.74) is 3.11. The van der Waals surface area contributed by atoms with Crippen LogP contribution in [-0.2, 0) is 19.5 Å². The minimum absolute atomic E-state index is 0.0223. The topological polar surface area (TPSA) is 109 Å². The molecule has 0 atom stereocenters. The predicted octanol–water partition coefficient (Wildman–Crippen LogP) is 4.92. The van der Waals surface area contributed by atoms with Gasteiger partial charge in [-0.1, -0.05) is 47.5 Å². The number of anilines is 1. The number of hydrogen-bond acceptors (Lipinski definition) is 6. The molecule has 3 N–H and O–H groups in total. The van der Waals surface area contributed by atoms with E-state index in [1.54, 1.807) is 16.9 Å². The van der Waals surface area contributed by atoms with Gasteiger partial charge in [0.25, 0.3) is 0 Å². The Bertz CT molecular complexity index is 1620. The van der Waals surface area contributed by atoms with Gasteiger partial charge in [0.2, 0.25) is 5.56 Å². The van der Waals surface area contributed by atoms with Gasteiger partial charge in [-0.15, -0.1) is 0 Å². The Kier molecular flexibility index (Phi) is 6.58. The van der Waals surface area contributed by atoms with E-state index in [0.29, 0.717) is 40.5 Å². The number of phenols is 1. The lowest BCUT2D eigenvalue weighted by Crippen LogP contribution is -2.07. The average molecular weight is 525 g/mol. The molecule has 0 spiro atoms. The largest absolute Gasteiger partial charge is 0.505 e. The fourth-order valence-electron chi connectivity index (χ4n) is 3.81. The number of aromatic amines is 1. The molecule has 5 rings (SSSR count). The Labute approximate surface area is 214 Å². The maximum atomic E-state index is 14.3. The number of nitrogens with one attached hydrogen (secondary N) is 2. The van der Waals surface area contributed by atoms with Crippen molar-refractivity contribution in [3.63, 3.8) is 0 Å². The first-order chi connectivity index (χ1) is 17.4. The lowest BCUT2D eigenvalue weighted by molar-refractivity contribution is 0.429. The maximum absolute atomic E-state index is 14.3. The van der Waals surface area contributed by atoms with Gasteiger partial charge in [0.05, 0.1) is 17.0 Å². The summed E-state index contributed by atoms with van der Waals surface area (Å²) in [5, 5.41) is 18.6. The molecule has 0 saturated heterocycles. The summed E-state index contributed by atoms with van der Waals surface area (Å²) in [4.78, 5) is 22.8. The number of aromatic nitrogens is 5. The van der Waals surface area contributed by atoms with Crippen molar-refractivity contribution >= 4 is 40.1 Å². The highest BCUT2D eigenvalue weighted by molar-refractivity contribution is 6.31. The molecule has 5 aromatic rings. The number of phenolic OH excluding ortho intramolecular Hbond substituents is 1. The maximum Gasteiger partial charge on any atom is 0.248 e. The molecular weight excluding hydrogens is 506 g/mol. The van der Waals surface area contributed by atoms with Crippen molar-refractivity contribution in [2.45, 2.75) is 19.5 Å². The number of aromatic hydroxyl groups is 1. The average Bonchev–Trinajstić information content (AvgIpc) is 3.28. The van der Waals surface area contributed by atoms with E-state index in [1.165, 1.54) is 24.5 Å². The molecule has 0 fully saturated rings. The van der Waals surface area contributed by atoms with Crippen LogP contribution in [0, 0.1) is 5.82 Å². The molecule has 0 radical (unpaired) electrons. The van der Waals surface area contributed by atoms with Crippen molar-refractivity contribution in [3.05, 3.63) is 110 Å². The van der Waals surface area contributed by atoms with Gasteiger partial charge in [-0.05, 0) is 29.3 Å². The first-order valence-corrected chi connectivity index (χ1v) is 11.7. The van der Waals surface area contributed by atoms with E-state index in [-0.39, 0.29) is 22.7 Å². The number of pyridine rings is 1. The van der Waals surface area contributed by atoms with Gasteiger partial charge in [-0.3, -0.25) is 9.48 Å². The minimum atomic E-state index is -0.777. The van der Waals surface area contributed by atoms with Crippen molar-refractivity contribution in [1.82, 2.24) is 24.7 Å². The third-order valence-corrected chi connectivity index (χ3v) is 6.36. The molecule has 0 aliphatic rings. The number of nitrogens with zero attached hydrogens (tertiary/aromatic N) is 4. The van der Waals surface area contributed by atoms with E-state index < -0.39 is 11.6 Å². The summed E-state index contributed by atoms with van der Waals surface area (Å²) < 4.78 is 16.0. The van der Waals surface area contributed by atoms with E-state index in [1.807, 2.05) is 24.3 Å². The second kappa shape index (κ2) is 9.96. The standard InChI is InChI=1S/C25H19Cl2FN6O2/c26-18-5-7-21(35)23(28)16(18)10-29-24-17-12-34(33-25(17)31-13-30-24)11-15-3-1-14(2-4-15)9-20-19(27)6-8-22(36)32-20/h1-8,12-13,35H,9-11H2,(H,32,36)(H,29,30,31,33). The third-order valence-electron chi connectivity index (χ3n) is 5.65. The number of fused-ring (bicyclic) bond motifs is 1. The number of H-pyrrole nitrogens is 1. The van der Waals surface area contributed by atoms with Gasteiger partial charge in [0.15, 0.2) is 17.2 Å². The molecule has 0 unspecified atom stereocenters. The highest BCUT2D eigenvalue weighted by Crippen LogP contribution is 2.28. The van der Waals surface area contributed by atoms with Crippen LogP contribution in [0.4, 0.5) is 10.2 Å². The van der Waals surface area contributed by atoms with Crippen LogP contribution >= 0.6 is 23.2 Å². The van der Waals surface area contributed by atoms with E-state index in [2.05, 4.69) is 25.4 Å². The fraction of sp³-hybridized carbons (Fsp3) is 0.120. The zero-order chi connectivity index (χ0) is 25.2. The predicted molar refractivity (Wildman–Crippen MR) is 136 cm³/mol. The highest BCUT2D eigenvalue weighted by Gasteiger charge is 2.14. The van der Waals surface area contributed by atoms with Gasteiger partial charge in [-0.25, -0.2) is 14.4 Å². The molecule has 3 aromatic heterocycles. The Morgan fingerprint density at radius 3 is 2.56 bits per heavy atom. The first-order valence-electron chi connectivity index (χ1n) is 10.9. The quantitative estimate of drug-likeness (QED) is 0.279. The SMILES string of the molecule is O=c1ccc(Cl)c(Cc2ccc(Cn3cc4c(NCc5c(Cl)ccc(O)c5F)ncnc4n3)cc2)[nH]1. The monoisotopic (exact) mass is 524 g/mol. The highest BCUT2D eigenvalue weighted by atomic mass is 35.5. The molecule has 8 nitrogen and oxygen atoms in total. The van der Waals surface area contributed by atoms with Crippen molar-refractivity contribution in [1.29, 1.82) is 0 Å². The summed E-state index contributed by atoms with van der Waals surface area (Å²) in [6.07, 6.45) is 3.69. The number of benzene rings is 2. The van der Waals surface area contributed by atoms with Crippen molar-refractivity contribution < 1.29 is 9.50 Å². The van der Waals surface area contributed by atoms with Crippen LogP contribution in [0.2, 0.25) is 10.0 Å². The molecule has 3 heterocycles. The summed E-state index contributed by atoms with van der Waals surface area (Å²) in [7, 11) is 0. The normalized spacial score (nSPS) is 11.2. The Balaban J connectivity index is 1.31. The summed E-state index contributed by atoms with van der Waals surface area (Å²) in [6.45, 7) is 0.514. The molecule has 0 bridgehead atoms. The Morgan fingerprint density at radius 1 is 1.00 bits per heavy atom. The van der Waals surface area contributed by atoms with Crippen LogP contribution in [0.1, 0.15) is 22.4 Å². The minimum Gasteiger partial charge on any atom is -0.505 e. The van der Waals surface area contributed by atoms with Crippen LogP contribution in [-0.4, -0.2) is 29.8 Å². The molecule has 0 aliphatic heterocycles. The van der Waals surface area contributed by atoms with Gasteiger partial charge >= 0.3 is 0 Å². The number of halogens is 3. The van der Waals surface area contributed by atoms with Gasteiger partial charge in [0, 0.05) is 41.5 Å². The first kappa shape index (κ1) is 23.8. The smallest absolute Gasteiger partial charge is 0.248 e. The lowest BCUT2D eigenvalue weighted by Gasteiger charge is -2.09. The molecule has 0 amide bonds. The Morgan fingerprint density at radius 2 is 1.75 bits per heavy atom. The van der Waals surface area contributed by atoms with Crippen LogP contribution in [0.5, 0.6) is 5.75 Å². The van der Waals surface area contributed by atoms with E-state index in [0.717, 1.165) is 11.1 Å². The lowest BCUT2D eigenvalue weighted by atomic mass is 10.1. The molecule has 0 saturated carbocycles. The zero-order valence-electron chi connectivity index (χ0n) is 18.7. The van der Waals surface area contributed by atoms with Crippen LogP contribution in [0.15, 0.2) is 65.8 Å². The fourth-order valence-corrected chi connectivity index (χ4v) is 4.20. The van der Waals surface area contributed by atoms with Crippen molar-refractivity contribution in [3.8, 4) is 5.75 Å². The molecule has 0 aliphatic carbocycles. The molecular formula is C25H19Cl2FN6O2. The van der Waals surface area contributed by atoms with Gasteiger partial charge in [-0.2, -0.15) is 5.10 Å². The summed E-state index contributed by atoms with van der Waals surface area (Å²) >= 11 is 12.3. The van der Waals surface area contributed by atoms with E-state index >= 15 is 0 Å². The second-order valence-electron chi connectivity index (χ2n) is 8.14. The van der Waals surface area contributed by atoms with Crippen LogP contribution in [0.3, 0.4) is 0 Å². The molecule has 11 heteroatoms. The molecule has 182 valence electrons. The van der Waals surface area contributed by atoms with Gasteiger partial charge < -0.3 is 15.4 Å². The van der Waals surface area contributed by atoms with Gasteiger partial charge in [0.1, 0.15) is 12.1 Å². The summed E-state index contributed by atoms with van der Waals surface area (Å²) in [6, 6.07) is 13.5. The number of hydrogen-bond donors (Lipinski definition) is 3. The Hall–Kier alpha value is -3.95. The van der Waals surface area contributed by atoms with E-state index in [9.17, 15) is 14.3 Å². The van der Waals surface area contributed by atoms with E-state index in [4.69, 9.17) is 23.2 Å². The van der Waals surface area contributed by atoms with Crippen molar-refractivity contribution in [2.75, 3.05) is 5.32 Å². The second-order valence-corrected chi connectivity index (χ2v) is 8.96. The van der Waals surface area contributed by atoms with Crippen LogP contribution in [0.25, 0.3) is 11.0 Å². The van der Waals surface area contributed by atoms with Crippen LogP contribution < -0.4 is 10.9 Å². The summed E-state index contributed by atoms with van der Waals surface area (Å²) in [5.74, 6) is -0.780. The van der Waals surface area contributed by atoms with Crippen molar-refractivity contribution in [2.24, 2.45) is 0 Å². The molecule has 36 heavy (non-hydrogen) atoms. The number of rotatable bonds is 7. The zero-order valence-corrected chi connectivity index (χ0v) is 20.2. The molecule has 2 aromatic carbocycles.